The molecule has 2 aliphatic heterocycles. The summed E-state index contributed by atoms with van der Waals surface area (Å²) in [5.74, 6) is -3.45. The molecule has 2 N–H and O–H groups in total. The normalized spacial score (nSPS) is 27.8. The first-order valence-electron chi connectivity index (χ1n) is 16.1. The smallest absolute Gasteiger partial charge is 0.242 e. The molecule has 2 aromatic carbocycles. The minimum atomic E-state index is -1.18. The highest BCUT2D eigenvalue weighted by atomic mass is 35.5. The monoisotopic (exact) mass is 696 g/mol. The van der Waals surface area contributed by atoms with Crippen molar-refractivity contribution in [2.45, 2.75) is 26.7 Å². The maximum absolute atomic E-state index is 14.8. The summed E-state index contributed by atoms with van der Waals surface area (Å²) in [6.45, 7) is 3.85. The Morgan fingerprint density at radius 2 is 1.90 bits per heavy atom. The quantitative estimate of drug-likeness (QED) is 0.192. The Labute approximate surface area is 291 Å². The van der Waals surface area contributed by atoms with Gasteiger partial charge in [0.1, 0.15) is 11.5 Å². The maximum Gasteiger partial charge on any atom is 0.242 e. The van der Waals surface area contributed by atoms with E-state index in [1.807, 2.05) is 50.3 Å². The predicted octanol–water partition coefficient (Wildman–Crippen LogP) is 6.04. The number of nitrogens with one attached hydrogen (secondary N) is 1. The number of imide groups is 2. The van der Waals surface area contributed by atoms with E-state index in [9.17, 15) is 24.3 Å². The van der Waals surface area contributed by atoms with E-state index in [1.54, 1.807) is 41.3 Å². The molecule has 2 aliphatic carbocycles. The largest absolute Gasteiger partial charge is 0.504 e. The Kier molecular flexibility index (Phi) is 7.17. The first-order chi connectivity index (χ1) is 23.4. The molecule has 4 aliphatic rings. The lowest BCUT2D eigenvalue weighted by Crippen LogP contribution is -2.49. The van der Waals surface area contributed by atoms with Gasteiger partial charge in [-0.15, -0.1) is 11.3 Å². The highest BCUT2D eigenvalue weighted by Crippen LogP contribution is 2.60. The molecule has 3 fully saturated rings. The molecule has 49 heavy (non-hydrogen) atoms. The number of nitrogens with zero attached hydrogens (tertiary/aromatic N) is 3. The average Bonchev–Trinajstić information content (AvgIpc) is 3.76. The molecule has 8 rings (SSSR count). The number of aromatic nitrogens is 2. The number of rotatable bonds is 5. The molecule has 2 aromatic heterocycles. The summed E-state index contributed by atoms with van der Waals surface area (Å²) in [7, 11) is 3.19. The number of phenols is 1. The first-order valence-corrected chi connectivity index (χ1v) is 17.3. The Hall–Kier alpha value is -4.74. The van der Waals surface area contributed by atoms with E-state index in [-0.39, 0.29) is 41.7 Å². The van der Waals surface area contributed by atoms with Gasteiger partial charge in [-0.1, -0.05) is 41.5 Å². The number of anilines is 1. The van der Waals surface area contributed by atoms with Crippen molar-refractivity contribution in [3.63, 3.8) is 0 Å². The molecular formula is C37H33ClN4O6S. The van der Waals surface area contributed by atoms with Crippen molar-refractivity contribution in [1.29, 1.82) is 0 Å². The van der Waals surface area contributed by atoms with E-state index < -0.39 is 29.1 Å². The van der Waals surface area contributed by atoms with Gasteiger partial charge in [0.2, 0.25) is 23.6 Å². The number of hydrogen-bond donors (Lipinski definition) is 2. The Morgan fingerprint density at radius 3 is 2.67 bits per heavy atom. The van der Waals surface area contributed by atoms with E-state index in [2.05, 4.69) is 5.32 Å². The number of carbonyl (C=O) groups is 4. The molecule has 1 saturated carbocycles. The van der Waals surface area contributed by atoms with Crippen molar-refractivity contribution in [2.24, 2.45) is 42.1 Å². The summed E-state index contributed by atoms with van der Waals surface area (Å²) in [5, 5.41) is 19.1. The lowest BCUT2D eigenvalue weighted by Gasteiger charge is -2.47. The molecule has 12 heteroatoms. The van der Waals surface area contributed by atoms with Crippen molar-refractivity contribution in [1.82, 2.24) is 15.1 Å². The number of ether oxygens (including phenoxy) is 1. The fourth-order valence-electron chi connectivity index (χ4n) is 8.57. The van der Waals surface area contributed by atoms with Crippen molar-refractivity contribution in [3.8, 4) is 22.1 Å². The second kappa shape index (κ2) is 11.1. The number of amides is 4. The summed E-state index contributed by atoms with van der Waals surface area (Å²) in [6, 6.07) is 12.5. The van der Waals surface area contributed by atoms with Crippen LogP contribution in [0.4, 0.5) is 5.82 Å². The molecule has 10 nitrogen and oxygen atoms in total. The van der Waals surface area contributed by atoms with Gasteiger partial charge in [0.05, 0.1) is 35.2 Å². The first kappa shape index (κ1) is 31.5. The summed E-state index contributed by atoms with van der Waals surface area (Å²) in [6.07, 6.45) is 6.41. The average molecular weight is 697 g/mol. The summed E-state index contributed by atoms with van der Waals surface area (Å²) in [4.78, 5) is 57.4. The molecule has 4 heterocycles. The van der Waals surface area contributed by atoms with Crippen LogP contribution in [0, 0.1) is 41.9 Å². The Balaban J connectivity index is 1.22. The van der Waals surface area contributed by atoms with E-state index >= 15 is 0 Å². The van der Waals surface area contributed by atoms with Gasteiger partial charge in [0.25, 0.3) is 0 Å². The molecular weight excluding hydrogens is 664 g/mol. The molecule has 0 bridgehead atoms. The maximum atomic E-state index is 14.8. The SMILES string of the molecule is COc1cc(C=C[C@H]2C3=CC[C@@H]4C(=O)NC(=O)[C@@H]4[C@@H]3C[C@H]3C(=O)N(c4cc(-c5sc6ccc(Cl)cc6c5C)nn4C)C(=O)[C@@]23C)ccc1O. The van der Waals surface area contributed by atoms with Crippen LogP contribution in [0.2, 0.25) is 5.02 Å². The van der Waals surface area contributed by atoms with Crippen molar-refractivity contribution in [2.75, 3.05) is 12.0 Å². The predicted molar refractivity (Wildman–Crippen MR) is 186 cm³/mol. The van der Waals surface area contributed by atoms with E-state index in [4.69, 9.17) is 21.4 Å². The number of methoxy groups -OCH3 is 1. The van der Waals surface area contributed by atoms with Gasteiger partial charge in [0, 0.05) is 28.8 Å². The van der Waals surface area contributed by atoms with Crippen molar-refractivity contribution in [3.05, 3.63) is 76.3 Å². The molecule has 0 spiro atoms. The van der Waals surface area contributed by atoms with Crippen LogP contribution < -0.4 is 15.0 Å². The third-order valence-electron chi connectivity index (χ3n) is 11.1. The van der Waals surface area contributed by atoms with Gasteiger partial charge in [0.15, 0.2) is 11.5 Å². The standard InChI is InChI=1S/C37H33ClN4O6S/c1-17-22-14-19(38)7-12-29(22)49-32(17)26-16-30(41(3)40-26)42-35(46)25-15-23-20(8-9-21-31(23)34(45)39-33(21)44)24(37(25,2)36(42)47)10-5-18-6-11-27(43)28(13-18)48-4/h5-8,10-14,16,21,23-25,31,43H,9,15H2,1-4H3,(H,39,44,45)/t21-,23+,24-,25-,31-,37-/m0/s1. The van der Waals surface area contributed by atoms with Crippen molar-refractivity contribution < 1.29 is 29.0 Å². The number of hydrogen-bond acceptors (Lipinski definition) is 8. The van der Waals surface area contributed by atoms with Crippen LogP contribution in [0.5, 0.6) is 11.5 Å². The zero-order valence-corrected chi connectivity index (χ0v) is 28.8. The number of benzene rings is 2. The van der Waals surface area contributed by atoms with Gasteiger partial charge >= 0.3 is 0 Å². The fraction of sp³-hybridized carbons (Fsp3) is 0.324. The summed E-state index contributed by atoms with van der Waals surface area (Å²) in [5.41, 5.74) is 2.09. The number of allylic oxidation sites excluding steroid dienone is 3. The molecule has 250 valence electrons. The van der Waals surface area contributed by atoms with Gasteiger partial charge in [-0.25, -0.2) is 4.90 Å². The van der Waals surface area contributed by atoms with Crippen LogP contribution in [0.25, 0.3) is 26.7 Å². The zero-order chi connectivity index (χ0) is 34.5. The van der Waals surface area contributed by atoms with Gasteiger partial charge < -0.3 is 9.84 Å². The van der Waals surface area contributed by atoms with Crippen LogP contribution >= 0.6 is 22.9 Å². The van der Waals surface area contributed by atoms with Gasteiger partial charge in [-0.3, -0.25) is 29.2 Å². The number of aromatic hydroxyl groups is 1. The number of carbonyl (C=O) groups excluding carboxylic acids is 4. The minimum absolute atomic E-state index is 0.000236. The van der Waals surface area contributed by atoms with Gasteiger partial charge in [-0.2, -0.15) is 5.10 Å². The number of thiophene rings is 1. The molecule has 0 unspecified atom stereocenters. The Bertz CT molecular complexity index is 2200. The lowest BCUT2D eigenvalue weighted by atomic mass is 9.52. The molecule has 0 radical (unpaired) electrons. The number of phenolic OH excluding ortho intramolecular Hbond substituents is 1. The van der Waals surface area contributed by atoms with E-state index in [0.717, 1.165) is 31.7 Å². The highest BCUT2D eigenvalue weighted by Gasteiger charge is 2.66. The van der Waals surface area contributed by atoms with Crippen LogP contribution in [-0.2, 0) is 26.2 Å². The lowest BCUT2D eigenvalue weighted by molar-refractivity contribution is -0.132. The Morgan fingerprint density at radius 1 is 1.10 bits per heavy atom. The number of fused-ring (bicyclic) bond motifs is 5. The third-order valence-corrected chi connectivity index (χ3v) is 12.6. The zero-order valence-electron chi connectivity index (χ0n) is 27.2. The molecule has 6 atom stereocenters. The highest BCUT2D eigenvalue weighted by molar-refractivity contribution is 7.22. The minimum Gasteiger partial charge on any atom is -0.504 e. The topological polar surface area (TPSA) is 131 Å². The number of aryl methyl sites for hydroxylation is 2. The molecule has 2 saturated heterocycles. The van der Waals surface area contributed by atoms with Crippen LogP contribution in [0.3, 0.4) is 0 Å². The van der Waals surface area contributed by atoms with Crippen LogP contribution in [0.1, 0.15) is 30.9 Å². The van der Waals surface area contributed by atoms with Crippen LogP contribution in [-0.4, -0.2) is 45.6 Å². The fourth-order valence-corrected chi connectivity index (χ4v) is 9.89. The van der Waals surface area contributed by atoms with Gasteiger partial charge in [-0.05, 0) is 79.5 Å². The third kappa shape index (κ3) is 4.55. The second-order valence-electron chi connectivity index (χ2n) is 13.6. The number of halogens is 1. The van der Waals surface area contributed by atoms with Crippen molar-refractivity contribution >= 4 is 68.5 Å². The second-order valence-corrected chi connectivity index (χ2v) is 15.0. The van der Waals surface area contributed by atoms with E-state index in [0.29, 0.717) is 28.7 Å². The summed E-state index contributed by atoms with van der Waals surface area (Å²) >= 11 is 7.86. The summed E-state index contributed by atoms with van der Waals surface area (Å²) < 4.78 is 7.93. The van der Waals surface area contributed by atoms with E-state index in [1.165, 1.54) is 18.1 Å². The molecule has 4 aromatic rings. The molecule has 4 amide bonds. The van der Waals surface area contributed by atoms with Crippen LogP contribution in [0.15, 0.2) is 60.2 Å².